The molecule has 2 aliphatic heterocycles. The van der Waals surface area contributed by atoms with Crippen LogP contribution < -0.4 is 0 Å². The van der Waals surface area contributed by atoms with Crippen LogP contribution in [0.25, 0.3) is 10.2 Å². The predicted octanol–water partition coefficient (Wildman–Crippen LogP) is 2.51. The van der Waals surface area contributed by atoms with E-state index in [1.165, 1.54) is 4.90 Å². The lowest BCUT2D eigenvalue weighted by molar-refractivity contribution is -0.126. The van der Waals surface area contributed by atoms with E-state index in [1.54, 1.807) is 22.3 Å². The number of rotatable bonds is 2. The molecule has 1 aromatic carbocycles. The van der Waals surface area contributed by atoms with Crippen LogP contribution in [0.4, 0.5) is 4.79 Å². The monoisotopic (exact) mass is 361 g/mol. The van der Waals surface area contributed by atoms with Gasteiger partial charge in [-0.15, -0.1) is 11.3 Å². The van der Waals surface area contributed by atoms with Crippen molar-refractivity contribution in [1.82, 2.24) is 14.8 Å². The molecule has 24 heavy (non-hydrogen) atoms. The summed E-state index contributed by atoms with van der Waals surface area (Å²) < 4.78 is 0.996. The maximum absolute atomic E-state index is 12.7. The summed E-state index contributed by atoms with van der Waals surface area (Å²) in [5.41, 5.74) is 1.53. The second-order valence-corrected chi connectivity index (χ2v) is 8.09. The van der Waals surface area contributed by atoms with E-state index in [4.69, 9.17) is 0 Å². The van der Waals surface area contributed by atoms with Gasteiger partial charge < -0.3 is 4.90 Å². The molecular formula is C16H15N3O3S2. The first kappa shape index (κ1) is 15.6. The molecule has 0 spiro atoms. The topological polar surface area (TPSA) is 70.6 Å². The number of thioether (sulfide) groups is 1. The molecule has 0 bridgehead atoms. The number of amides is 3. The average Bonchev–Trinajstić information content (AvgIpc) is 3.24. The first-order chi connectivity index (χ1) is 11.5. The number of imide groups is 1. The van der Waals surface area contributed by atoms with Crippen molar-refractivity contribution in [1.29, 1.82) is 0 Å². The Hall–Kier alpha value is -1.93. The summed E-state index contributed by atoms with van der Waals surface area (Å²) >= 11 is 2.60. The Morgan fingerprint density at radius 2 is 2.17 bits per heavy atom. The Morgan fingerprint density at radius 3 is 2.92 bits per heavy atom. The number of nitrogens with zero attached hydrogens (tertiary/aromatic N) is 3. The summed E-state index contributed by atoms with van der Waals surface area (Å²) in [5, 5.41) is 0.778. The highest BCUT2D eigenvalue weighted by molar-refractivity contribution is 8.14. The highest BCUT2D eigenvalue weighted by atomic mass is 32.2. The summed E-state index contributed by atoms with van der Waals surface area (Å²) in [6.07, 6.45) is 0.645. The largest absolute Gasteiger partial charge is 0.336 e. The van der Waals surface area contributed by atoms with Crippen LogP contribution in [-0.2, 0) is 4.79 Å². The lowest BCUT2D eigenvalue weighted by Crippen LogP contribution is -2.41. The molecule has 1 unspecified atom stereocenters. The molecule has 8 heteroatoms. The van der Waals surface area contributed by atoms with Gasteiger partial charge in [0.15, 0.2) is 0 Å². The smallest absolute Gasteiger partial charge is 0.289 e. The van der Waals surface area contributed by atoms with Crippen molar-refractivity contribution in [2.75, 3.05) is 18.8 Å². The van der Waals surface area contributed by atoms with E-state index < -0.39 is 0 Å². The Kier molecular flexibility index (Phi) is 3.80. The minimum absolute atomic E-state index is 0.0581. The molecule has 0 aliphatic carbocycles. The van der Waals surface area contributed by atoms with E-state index in [0.29, 0.717) is 25.1 Å². The van der Waals surface area contributed by atoms with Gasteiger partial charge in [0.1, 0.15) is 0 Å². The minimum Gasteiger partial charge on any atom is -0.336 e. The van der Waals surface area contributed by atoms with E-state index in [-0.39, 0.29) is 28.8 Å². The number of carbonyl (C=O) groups excluding carboxylic acids is 3. The molecule has 1 aromatic heterocycles. The van der Waals surface area contributed by atoms with Gasteiger partial charge in [0.25, 0.3) is 11.1 Å². The van der Waals surface area contributed by atoms with Gasteiger partial charge in [-0.1, -0.05) is 11.8 Å². The molecule has 0 N–H and O–H groups in total. The molecule has 3 amide bonds. The number of thiazole rings is 1. The number of carbonyl (C=O) groups is 3. The molecule has 2 saturated heterocycles. The molecule has 0 radical (unpaired) electrons. The van der Waals surface area contributed by atoms with Gasteiger partial charge in [0, 0.05) is 18.7 Å². The second kappa shape index (κ2) is 5.86. The van der Waals surface area contributed by atoms with Crippen molar-refractivity contribution >= 4 is 50.4 Å². The maximum atomic E-state index is 12.7. The second-order valence-electron chi connectivity index (χ2n) is 5.93. The first-order valence-electron chi connectivity index (χ1n) is 7.68. The summed E-state index contributed by atoms with van der Waals surface area (Å²) in [5.74, 6) is 0.00747. The van der Waals surface area contributed by atoms with Crippen molar-refractivity contribution in [2.24, 2.45) is 0 Å². The van der Waals surface area contributed by atoms with Crippen LogP contribution >= 0.6 is 23.1 Å². The van der Waals surface area contributed by atoms with E-state index in [1.807, 2.05) is 19.1 Å². The van der Waals surface area contributed by atoms with Gasteiger partial charge in [-0.3, -0.25) is 19.3 Å². The molecule has 0 saturated carbocycles. The van der Waals surface area contributed by atoms with Crippen LogP contribution in [0.15, 0.2) is 18.2 Å². The number of likely N-dealkylation sites (tertiary alicyclic amines) is 1. The molecule has 2 fully saturated rings. The number of aryl methyl sites for hydroxylation is 1. The van der Waals surface area contributed by atoms with Crippen molar-refractivity contribution < 1.29 is 14.4 Å². The first-order valence-corrected chi connectivity index (χ1v) is 9.48. The third kappa shape index (κ3) is 2.59. The number of aromatic nitrogens is 1. The Morgan fingerprint density at radius 1 is 1.33 bits per heavy atom. The van der Waals surface area contributed by atoms with Crippen molar-refractivity contribution in [3.63, 3.8) is 0 Å². The van der Waals surface area contributed by atoms with E-state index >= 15 is 0 Å². The summed E-state index contributed by atoms with van der Waals surface area (Å²) in [6, 6.07) is 5.33. The fourth-order valence-corrected chi connectivity index (χ4v) is 4.85. The fraction of sp³-hybridized carbons (Fsp3) is 0.375. The maximum Gasteiger partial charge on any atom is 0.289 e. The normalized spacial score (nSPS) is 21.3. The molecule has 1 atom stereocenters. The molecule has 4 rings (SSSR count). The van der Waals surface area contributed by atoms with Crippen molar-refractivity contribution in [3.05, 3.63) is 28.8 Å². The average molecular weight is 361 g/mol. The van der Waals surface area contributed by atoms with Crippen LogP contribution in [0.1, 0.15) is 21.8 Å². The van der Waals surface area contributed by atoms with Crippen LogP contribution in [0.5, 0.6) is 0 Å². The lowest BCUT2D eigenvalue weighted by Gasteiger charge is -2.22. The van der Waals surface area contributed by atoms with Gasteiger partial charge in [-0.2, -0.15) is 0 Å². The molecule has 2 aromatic rings. The number of hydrogen-bond donors (Lipinski definition) is 0. The molecular weight excluding hydrogens is 346 g/mol. The van der Waals surface area contributed by atoms with E-state index in [0.717, 1.165) is 27.0 Å². The molecule has 2 aliphatic rings. The minimum atomic E-state index is -0.196. The zero-order chi connectivity index (χ0) is 16.8. The van der Waals surface area contributed by atoms with Gasteiger partial charge in [0.2, 0.25) is 5.91 Å². The van der Waals surface area contributed by atoms with Gasteiger partial charge >= 0.3 is 0 Å². The molecule has 124 valence electrons. The van der Waals surface area contributed by atoms with Gasteiger partial charge in [0.05, 0.1) is 27.0 Å². The fourth-order valence-electron chi connectivity index (χ4n) is 3.21. The van der Waals surface area contributed by atoms with Crippen LogP contribution in [0, 0.1) is 6.92 Å². The molecule has 3 heterocycles. The highest BCUT2D eigenvalue weighted by Crippen LogP contribution is 2.28. The lowest BCUT2D eigenvalue weighted by atomic mass is 10.2. The zero-order valence-electron chi connectivity index (χ0n) is 13.0. The quantitative estimate of drug-likeness (QED) is 0.822. The third-order valence-electron chi connectivity index (χ3n) is 4.34. The van der Waals surface area contributed by atoms with Gasteiger partial charge in [-0.25, -0.2) is 4.98 Å². The highest BCUT2D eigenvalue weighted by Gasteiger charge is 2.40. The standard InChI is InChI=1S/C16H15N3O3S2/c1-9-17-12-3-2-10(6-13(12)24-9)15(21)18-5-4-11(7-18)19-14(20)8-23-16(19)22/h2-3,6,11H,4-5,7-8H2,1H3. The van der Waals surface area contributed by atoms with E-state index in [9.17, 15) is 14.4 Å². The molecule has 6 nitrogen and oxygen atoms in total. The summed E-state index contributed by atoms with van der Waals surface area (Å²) in [6.45, 7) is 2.92. The number of fused-ring (bicyclic) bond motifs is 1. The summed E-state index contributed by atoms with van der Waals surface area (Å²) in [7, 11) is 0. The van der Waals surface area contributed by atoms with Crippen LogP contribution in [-0.4, -0.2) is 56.7 Å². The van der Waals surface area contributed by atoms with Gasteiger partial charge in [-0.05, 0) is 31.5 Å². The zero-order valence-corrected chi connectivity index (χ0v) is 14.7. The number of benzene rings is 1. The predicted molar refractivity (Wildman–Crippen MR) is 93.4 cm³/mol. The van der Waals surface area contributed by atoms with Crippen molar-refractivity contribution in [2.45, 2.75) is 19.4 Å². The van der Waals surface area contributed by atoms with Crippen LogP contribution in [0.2, 0.25) is 0 Å². The summed E-state index contributed by atoms with van der Waals surface area (Å²) in [4.78, 5) is 43.9. The Balaban J connectivity index is 1.52. The SMILES string of the molecule is Cc1nc2ccc(C(=O)N3CCC(N4C(=O)CSC4=O)C3)cc2s1. The van der Waals surface area contributed by atoms with Crippen molar-refractivity contribution in [3.8, 4) is 0 Å². The number of hydrogen-bond acceptors (Lipinski definition) is 6. The van der Waals surface area contributed by atoms with E-state index in [2.05, 4.69) is 4.98 Å². The Labute approximate surface area is 146 Å². The van der Waals surface area contributed by atoms with Crippen LogP contribution in [0.3, 0.4) is 0 Å². The third-order valence-corrected chi connectivity index (χ3v) is 6.11. The Bertz CT molecular complexity index is 847.